The van der Waals surface area contributed by atoms with Crippen molar-refractivity contribution in [2.45, 2.75) is 32.9 Å². The molecular weight excluding hydrogens is 331 g/mol. The Labute approximate surface area is 152 Å². The number of carbonyl (C=O) groups is 1. The topological polar surface area (TPSA) is 54.3 Å². The first-order chi connectivity index (χ1) is 12.6. The van der Waals surface area contributed by atoms with Gasteiger partial charge < -0.3 is 15.0 Å². The van der Waals surface area contributed by atoms with Crippen LogP contribution in [-0.2, 0) is 13.1 Å². The Hall–Kier alpha value is -2.66. The lowest BCUT2D eigenvalue weighted by atomic mass is 10.1. The molecule has 0 atom stereocenters. The summed E-state index contributed by atoms with van der Waals surface area (Å²) in [6.45, 7) is 3.61. The molecule has 1 aromatic heterocycles. The molecule has 0 fully saturated rings. The third-order valence-corrected chi connectivity index (χ3v) is 4.57. The second-order valence-electron chi connectivity index (χ2n) is 6.36. The van der Waals surface area contributed by atoms with Crippen molar-refractivity contribution in [1.29, 1.82) is 0 Å². The number of unbranched alkanes of at least 4 members (excludes halogenated alkanes) is 1. The van der Waals surface area contributed by atoms with Crippen LogP contribution in [0.4, 0.5) is 4.39 Å². The van der Waals surface area contributed by atoms with Gasteiger partial charge in [0.05, 0.1) is 6.54 Å². The highest BCUT2D eigenvalue weighted by molar-refractivity contribution is 5.98. The molecule has 0 radical (unpaired) electrons. The Morgan fingerprint density at radius 2 is 1.88 bits per heavy atom. The molecule has 0 unspecified atom stereocenters. The maximum atomic E-state index is 14.1. The lowest BCUT2D eigenvalue weighted by molar-refractivity contribution is 0.0684. The van der Waals surface area contributed by atoms with Gasteiger partial charge in [-0.3, -0.25) is 0 Å². The molecule has 0 amide bonds. The molecule has 2 aromatic carbocycles. The number of aromatic nitrogens is 1. The van der Waals surface area contributed by atoms with Gasteiger partial charge in [0.2, 0.25) is 0 Å². The Balaban J connectivity index is 2.08. The molecule has 0 saturated carbocycles. The molecule has 0 aliphatic heterocycles. The van der Waals surface area contributed by atoms with Gasteiger partial charge in [-0.05, 0) is 25.1 Å². The zero-order valence-electron chi connectivity index (χ0n) is 14.8. The van der Waals surface area contributed by atoms with E-state index in [1.54, 1.807) is 22.8 Å². The number of nitrogens with one attached hydrogen (secondary N) is 1. The number of carboxylic acid groups (broad SMARTS) is 1. The number of rotatable bonds is 8. The van der Waals surface area contributed by atoms with E-state index in [0.717, 1.165) is 35.9 Å². The summed E-state index contributed by atoms with van der Waals surface area (Å²) >= 11 is 0. The van der Waals surface area contributed by atoms with E-state index in [1.807, 2.05) is 24.3 Å². The van der Waals surface area contributed by atoms with Gasteiger partial charge in [0.15, 0.2) is 0 Å². The fraction of sp³-hybridized carbons (Fsp3) is 0.286. The van der Waals surface area contributed by atoms with Crippen molar-refractivity contribution in [3.63, 3.8) is 0 Å². The molecule has 136 valence electrons. The SMILES string of the molecule is CCCCNCc1c(C(=O)O)n(Cc2ccccc2F)c2ccccc12. The number of halogens is 1. The summed E-state index contributed by atoms with van der Waals surface area (Å²) < 4.78 is 15.8. The lowest BCUT2D eigenvalue weighted by Gasteiger charge is -2.10. The number of aromatic carboxylic acids is 1. The van der Waals surface area contributed by atoms with Crippen molar-refractivity contribution >= 4 is 16.9 Å². The maximum Gasteiger partial charge on any atom is 0.352 e. The number of carboxylic acids is 1. The molecule has 0 aliphatic carbocycles. The molecule has 3 aromatic rings. The molecule has 3 rings (SSSR count). The highest BCUT2D eigenvalue weighted by Crippen LogP contribution is 2.28. The summed E-state index contributed by atoms with van der Waals surface area (Å²) in [5.41, 5.74) is 2.25. The van der Waals surface area contributed by atoms with Crippen LogP contribution in [0.5, 0.6) is 0 Å². The second-order valence-corrected chi connectivity index (χ2v) is 6.36. The summed E-state index contributed by atoms with van der Waals surface area (Å²) in [7, 11) is 0. The predicted octanol–water partition coefficient (Wildman–Crippen LogP) is 4.42. The van der Waals surface area contributed by atoms with E-state index in [0.29, 0.717) is 12.1 Å². The first kappa shape index (κ1) is 18.1. The summed E-state index contributed by atoms with van der Waals surface area (Å²) in [5, 5.41) is 14.1. The van der Waals surface area contributed by atoms with E-state index < -0.39 is 5.97 Å². The van der Waals surface area contributed by atoms with Gasteiger partial charge in [-0.1, -0.05) is 49.7 Å². The average molecular weight is 354 g/mol. The quantitative estimate of drug-likeness (QED) is 0.589. The zero-order chi connectivity index (χ0) is 18.5. The fourth-order valence-electron chi connectivity index (χ4n) is 3.27. The maximum absolute atomic E-state index is 14.1. The zero-order valence-corrected chi connectivity index (χ0v) is 14.8. The van der Waals surface area contributed by atoms with Gasteiger partial charge in [-0.2, -0.15) is 0 Å². The first-order valence-electron chi connectivity index (χ1n) is 8.91. The molecule has 26 heavy (non-hydrogen) atoms. The Morgan fingerprint density at radius 1 is 1.15 bits per heavy atom. The normalized spacial score (nSPS) is 11.2. The van der Waals surface area contributed by atoms with Crippen LogP contribution in [0, 0.1) is 5.82 Å². The van der Waals surface area contributed by atoms with Crippen molar-refractivity contribution in [2.75, 3.05) is 6.54 Å². The largest absolute Gasteiger partial charge is 0.477 e. The molecule has 0 saturated heterocycles. The number of nitrogens with zero attached hydrogens (tertiary/aromatic N) is 1. The van der Waals surface area contributed by atoms with E-state index in [4.69, 9.17) is 0 Å². The van der Waals surface area contributed by atoms with Crippen LogP contribution in [0.3, 0.4) is 0 Å². The summed E-state index contributed by atoms with van der Waals surface area (Å²) in [6.07, 6.45) is 2.12. The highest BCUT2D eigenvalue weighted by atomic mass is 19.1. The number of fused-ring (bicyclic) bond motifs is 1. The number of hydrogen-bond acceptors (Lipinski definition) is 2. The minimum Gasteiger partial charge on any atom is -0.477 e. The molecule has 1 heterocycles. The van der Waals surface area contributed by atoms with Crippen molar-refractivity contribution in [2.24, 2.45) is 0 Å². The standard InChI is InChI=1S/C21H23FN2O2/c1-2-3-12-23-13-17-16-9-5-7-11-19(16)24(20(17)21(25)26)14-15-8-4-6-10-18(15)22/h4-11,23H,2-3,12-14H2,1H3,(H,25,26). The second kappa shape index (κ2) is 8.15. The lowest BCUT2D eigenvalue weighted by Crippen LogP contribution is -2.18. The Bertz CT molecular complexity index is 918. The van der Waals surface area contributed by atoms with Crippen LogP contribution >= 0.6 is 0 Å². The molecule has 0 aliphatic rings. The Kier molecular flexibility index (Phi) is 5.68. The third-order valence-electron chi connectivity index (χ3n) is 4.57. The van der Waals surface area contributed by atoms with Crippen LogP contribution in [0.25, 0.3) is 10.9 Å². The van der Waals surface area contributed by atoms with Crippen molar-refractivity contribution < 1.29 is 14.3 Å². The van der Waals surface area contributed by atoms with Gasteiger partial charge in [-0.15, -0.1) is 0 Å². The molecule has 2 N–H and O–H groups in total. The monoisotopic (exact) mass is 354 g/mol. The van der Waals surface area contributed by atoms with Crippen LogP contribution in [0.1, 0.15) is 41.4 Å². The van der Waals surface area contributed by atoms with Gasteiger partial charge in [0.1, 0.15) is 11.5 Å². The van der Waals surface area contributed by atoms with E-state index in [1.165, 1.54) is 6.07 Å². The van der Waals surface area contributed by atoms with Crippen molar-refractivity contribution in [1.82, 2.24) is 9.88 Å². The minimum atomic E-state index is -0.996. The van der Waals surface area contributed by atoms with Crippen molar-refractivity contribution in [3.05, 3.63) is 71.2 Å². The van der Waals surface area contributed by atoms with Gasteiger partial charge in [0, 0.05) is 28.6 Å². The summed E-state index contributed by atoms with van der Waals surface area (Å²) in [5.74, 6) is -1.32. The molecule has 0 bridgehead atoms. The summed E-state index contributed by atoms with van der Waals surface area (Å²) in [4.78, 5) is 12.0. The smallest absolute Gasteiger partial charge is 0.352 e. The highest BCUT2D eigenvalue weighted by Gasteiger charge is 2.22. The van der Waals surface area contributed by atoms with Crippen LogP contribution in [0.2, 0.25) is 0 Å². The van der Waals surface area contributed by atoms with Crippen molar-refractivity contribution in [3.8, 4) is 0 Å². The van der Waals surface area contributed by atoms with E-state index in [-0.39, 0.29) is 18.1 Å². The Morgan fingerprint density at radius 3 is 2.62 bits per heavy atom. The van der Waals surface area contributed by atoms with Gasteiger partial charge in [-0.25, -0.2) is 9.18 Å². The number of hydrogen-bond donors (Lipinski definition) is 2. The minimum absolute atomic E-state index is 0.184. The van der Waals surface area contributed by atoms with Gasteiger partial charge >= 0.3 is 5.97 Å². The average Bonchev–Trinajstić information content (AvgIpc) is 2.95. The van der Waals surface area contributed by atoms with E-state index >= 15 is 0 Å². The summed E-state index contributed by atoms with van der Waals surface area (Å²) in [6, 6.07) is 14.1. The molecule has 0 spiro atoms. The first-order valence-corrected chi connectivity index (χ1v) is 8.91. The molecule has 5 heteroatoms. The van der Waals surface area contributed by atoms with E-state index in [2.05, 4.69) is 12.2 Å². The third kappa shape index (κ3) is 3.63. The van der Waals surface area contributed by atoms with Gasteiger partial charge in [0.25, 0.3) is 0 Å². The van der Waals surface area contributed by atoms with Crippen LogP contribution in [0.15, 0.2) is 48.5 Å². The van der Waals surface area contributed by atoms with E-state index in [9.17, 15) is 14.3 Å². The number of para-hydroxylation sites is 1. The predicted molar refractivity (Wildman–Crippen MR) is 101 cm³/mol. The van der Waals surface area contributed by atoms with Crippen LogP contribution < -0.4 is 5.32 Å². The fourth-order valence-corrected chi connectivity index (χ4v) is 3.27. The van der Waals surface area contributed by atoms with Crippen LogP contribution in [-0.4, -0.2) is 22.2 Å². The molecular formula is C21H23FN2O2. The number of benzene rings is 2. The molecule has 4 nitrogen and oxygen atoms in total.